The van der Waals surface area contributed by atoms with Crippen molar-refractivity contribution in [3.63, 3.8) is 0 Å². The number of carboxylic acids is 1. The molecule has 7 nitrogen and oxygen atoms in total. The maximum absolute atomic E-state index is 12.2. The molecule has 0 aromatic heterocycles. The lowest BCUT2D eigenvalue weighted by molar-refractivity contribution is -0.163. The fourth-order valence-electron chi connectivity index (χ4n) is 3.78. The van der Waals surface area contributed by atoms with Crippen molar-refractivity contribution in [2.45, 2.75) is 43.8 Å². The minimum absolute atomic E-state index is 0.0157. The summed E-state index contributed by atoms with van der Waals surface area (Å²) in [6.07, 6.45) is 0.0203. The number of β-lactam (4-membered cyclic amide) rings is 1. The number of thioether (sulfide) groups is 1. The van der Waals surface area contributed by atoms with E-state index in [1.165, 1.54) is 16.7 Å². The van der Waals surface area contributed by atoms with E-state index in [9.17, 15) is 19.8 Å². The zero-order valence-corrected chi connectivity index (χ0v) is 14.0. The molecule has 3 aliphatic rings. The van der Waals surface area contributed by atoms with Crippen LogP contribution in [-0.4, -0.2) is 63.6 Å². The highest BCUT2D eigenvalue weighted by Gasteiger charge is 2.60. The minimum atomic E-state index is -1.09. The molecule has 0 bridgehead atoms. The number of nitrogens with zero attached hydrogens (tertiary/aromatic N) is 1. The Morgan fingerprint density at radius 2 is 2.26 bits per heavy atom. The van der Waals surface area contributed by atoms with E-state index in [2.05, 4.69) is 0 Å². The van der Waals surface area contributed by atoms with Crippen molar-refractivity contribution in [1.82, 2.24) is 4.90 Å². The number of carbonyl (C=O) groups excluding carboxylic acids is 1. The van der Waals surface area contributed by atoms with Crippen LogP contribution in [0.15, 0.2) is 10.6 Å². The molecule has 6 atom stereocenters. The zero-order chi connectivity index (χ0) is 16.9. The second kappa shape index (κ2) is 6.08. The number of nitrogens with two attached hydrogens (primary N) is 1. The second-order valence-corrected chi connectivity index (χ2v) is 7.78. The number of hydrogen-bond acceptors (Lipinski definition) is 6. The van der Waals surface area contributed by atoms with Gasteiger partial charge in [-0.25, -0.2) is 4.79 Å². The molecule has 3 heterocycles. The molecule has 3 aliphatic heterocycles. The first kappa shape index (κ1) is 16.8. The van der Waals surface area contributed by atoms with Gasteiger partial charge in [0.25, 0.3) is 0 Å². The highest BCUT2D eigenvalue weighted by Crippen LogP contribution is 2.51. The molecule has 0 aromatic rings. The van der Waals surface area contributed by atoms with Gasteiger partial charge in [-0.1, -0.05) is 6.92 Å². The van der Waals surface area contributed by atoms with E-state index in [1.807, 2.05) is 6.92 Å². The maximum Gasteiger partial charge on any atom is 0.353 e. The number of rotatable bonds is 5. The normalized spacial score (nSPS) is 37.8. The predicted molar refractivity (Wildman–Crippen MR) is 84.4 cm³/mol. The summed E-state index contributed by atoms with van der Waals surface area (Å²) < 4.78 is 5.57. The molecule has 0 saturated carbocycles. The lowest BCUT2D eigenvalue weighted by Crippen LogP contribution is -2.63. The van der Waals surface area contributed by atoms with Crippen LogP contribution in [0.5, 0.6) is 0 Å². The largest absolute Gasteiger partial charge is 0.477 e. The molecule has 2 fully saturated rings. The molecular weight excluding hydrogens is 320 g/mol. The number of ether oxygens (including phenoxy) is 1. The first-order valence-electron chi connectivity index (χ1n) is 7.83. The van der Waals surface area contributed by atoms with Crippen molar-refractivity contribution in [3.8, 4) is 0 Å². The van der Waals surface area contributed by atoms with Crippen LogP contribution in [0.4, 0.5) is 0 Å². The number of aliphatic carboxylic acids is 1. The van der Waals surface area contributed by atoms with Gasteiger partial charge in [0.1, 0.15) is 5.70 Å². The smallest absolute Gasteiger partial charge is 0.353 e. The Hall–Kier alpha value is -1.09. The van der Waals surface area contributed by atoms with Crippen molar-refractivity contribution in [3.05, 3.63) is 10.6 Å². The summed E-state index contributed by atoms with van der Waals surface area (Å²) in [4.78, 5) is 26.0. The van der Waals surface area contributed by atoms with Gasteiger partial charge in [0.15, 0.2) is 0 Å². The third-order valence-electron chi connectivity index (χ3n) is 4.91. The summed E-state index contributed by atoms with van der Waals surface area (Å²) in [5.74, 6) is -2.00. The van der Waals surface area contributed by atoms with Crippen LogP contribution in [0.3, 0.4) is 0 Å². The van der Waals surface area contributed by atoms with Crippen LogP contribution >= 0.6 is 11.8 Å². The average molecular weight is 342 g/mol. The fraction of sp³-hybridized carbons (Fsp3) is 0.733. The Labute approximate surface area is 138 Å². The van der Waals surface area contributed by atoms with Crippen LogP contribution in [0.25, 0.3) is 0 Å². The molecule has 0 aliphatic carbocycles. The van der Waals surface area contributed by atoms with E-state index >= 15 is 0 Å². The summed E-state index contributed by atoms with van der Waals surface area (Å²) >= 11 is 1.48. The Balaban J connectivity index is 1.83. The van der Waals surface area contributed by atoms with Gasteiger partial charge in [-0.2, -0.15) is 0 Å². The van der Waals surface area contributed by atoms with E-state index in [0.717, 1.165) is 6.42 Å². The van der Waals surface area contributed by atoms with Crippen LogP contribution in [0, 0.1) is 11.8 Å². The molecule has 128 valence electrons. The van der Waals surface area contributed by atoms with Gasteiger partial charge in [0, 0.05) is 22.6 Å². The van der Waals surface area contributed by atoms with Crippen LogP contribution < -0.4 is 5.73 Å². The van der Waals surface area contributed by atoms with Crippen molar-refractivity contribution in [2.75, 3.05) is 13.2 Å². The van der Waals surface area contributed by atoms with Gasteiger partial charge < -0.3 is 25.6 Å². The summed E-state index contributed by atoms with van der Waals surface area (Å²) in [6, 6.07) is -0.260. The molecular formula is C15H22N2O5S. The van der Waals surface area contributed by atoms with Crippen LogP contribution in [-0.2, 0) is 14.3 Å². The Morgan fingerprint density at radius 1 is 1.57 bits per heavy atom. The maximum atomic E-state index is 12.2. The SMILES string of the molecule is C[C@@H](O)[C@H]1C(=O)N2C(C(=O)O)=C(S[C@H]3CO[C@@H](CN)C3)[C@H](C)[C@H]12. The summed E-state index contributed by atoms with van der Waals surface area (Å²) in [5.41, 5.74) is 5.68. The van der Waals surface area contributed by atoms with Gasteiger partial charge >= 0.3 is 5.97 Å². The average Bonchev–Trinajstić information content (AvgIpc) is 3.02. The van der Waals surface area contributed by atoms with Gasteiger partial charge in [-0.15, -0.1) is 11.8 Å². The number of amides is 1. The number of aliphatic hydroxyl groups excluding tert-OH is 1. The molecule has 1 amide bonds. The summed E-state index contributed by atoms with van der Waals surface area (Å²) in [5, 5.41) is 19.5. The lowest BCUT2D eigenvalue weighted by atomic mass is 9.79. The molecule has 0 unspecified atom stereocenters. The number of carbonyl (C=O) groups is 2. The standard InChI is InChI=1S/C15H22N2O5S/c1-6-11-10(7(2)18)14(19)17(11)12(15(20)21)13(6)23-9-3-8(4-16)22-5-9/h6-11,18H,3-5,16H2,1-2H3,(H,20,21)/t6-,7-,8-,9-,10-,11-/m1/s1. The molecule has 0 radical (unpaired) electrons. The van der Waals surface area contributed by atoms with Gasteiger partial charge in [0.05, 0.1) is 30.8 Å². The summed E-state index contributed by atoms with van der Waals surface area (Å²) in [6.45, 7) is 4.49. The van der Waals surface area contributed by atoms with Crippen molar-refractivity contribution < 1.29 is 24.5 Å². The van der Waals surface area contributed by atoms with E-state index in [4.69, 9.17) is 10.5 Å². The number of carboxylic acid groups (broad SMARTS) is 1. The molecule has 0 spiro atoms. The number of fused-ring (bicyclic) bond motifs is 1. The first-order valence-corrected chi connectivity index (χ1v) is 8.71. The topological polar surface area (TPSA) is 113 Å². The van der Waals surface area contributed by atoms with E-state index in [0.29, 0.717) is 18.1 Å². The molecule has 8 heteroatoms. The van der Waals surface area contributed by atoms with Crippen molar-refractivity contribution >= 4 is 23.6 Å². The van der Waals surface area contributed by atoms with Gasteiger partial charge in [-0.05, 0) is 13.3 Å². The summed E-state index contributed by atoms with van der Waals surface area (Å²) in [7, 11) is 0. The van der Waals surface area contributed by atoms with E-state index in [-0.39, 0.29) is 34.9 Å². The van der Waals surface area contributed by atoms with Crippen LogP contribution in [0.1, 0.15) is 20.3 Å². The Kier molecular flexibility index (Phi) is 4.43. The minimum Gasteiger partial charge on any atom is -0.477 e. The third kappa shape index (κ3) is 2.57. The third-order valence-corrected chi connectivity index (χ3v) is 6.39. The lowest BCUT2D eigenvalue weighted by Gasteiger charge is -2.46. The highest BCUT2D eigenvalue weighted by atomic mass is 32.2. The zero-order valence-electron chi connectivity index (χ0n) is 13.1. The van der Waals surface area contributed by atoms with Crippen molar-refractivity contribution in [2.24, 2.45) is 17.6 Å². The molecule has 3 rings (SSSR count). The number of hydrogen-bond donors (Lipinski definition) is 3. The monoisotopic (exact) mass is 342 g/mol. The van der Waals surface area contributed by atoms with Crippen molar-refractivity contribution in [1.29, 1.82) is 0 Å². The Bertz CT molecular complexity index is 564. The van der Waals surface area contributed by atoms with Gasteiger partial charge in [-0.3, -0.25) is 4.79 Å². The fourth-order valence-corrected chi connectivity index (χ4v) is 5.25. The highest BCUT2D eigenvalue weighted by molar-refractivity contribution is 8.03. The van der Waals surface area contributed by atoms with Gasteiger partial charge in [0.2, 0.25) is 5.91 Å². The molecule has 0 aromatic carbocycles. The molecule has 2 saturated heterocycles. The van der Waals surface area contributed by atoms with E-state index in [1.54, 1.807) is 6.92 Å². The predicted octanol–water partition coefficient (Wildman–Crippen LogP) is -0.0105. The quantitative estimate of drug-likeness (QED) is 0.602. The van der Waals surface area contributed by atoms with E-state index < -0.39 is 18.0 Å². The van der Waals surface area contributed by atoms with Crippen LogP contribution in [0.2, 0.25) is 0 Å². The first-order chi connectivity index (χ1) is 10.9. The Morgan fingerprint density at radius 3 is 2.78 bits per heavy atom. The second-order valence-electron chi connectivity index (χ2n) is 6.44. The molecule has 4 N–H and O–H groups in total. The number of aliphatic hydroxyl groups is 1. The molecule has 23 heavy (non-hydrogen) atoms.